The predicted octanol–water partition coefficient (Wildman–Crippen LogP) is 3.62. The van der Waals surface area contributed by atoms with Crippen LogP contribution >= 0.6 is 0 Å². The number of rotatable bonds is 14. The average Bonchev–Trinajstić information content (AvgIpc) is 2.94. The van der Waals surface area contributed by atoms with Gasteiger partial charge in [0.15, 0.2) is 0 Å². The highest BCUT2D eigenvalue weighted by Crippen LogP contribution is 2.09. The third-order valence-electron chi connectivity index (χ3n) is 6.37. The van der Waals surface area contributed by atoms with Crippen LogP contribution in [0.4, 0.5) is 0 Å². The van der Waals surface area contributed by atoms with Crippen molar-refractivity contribution >= 4 is 23.8 Å². The highest BCUT2D eigenvalue weighted by molar-refractivity contribution is 6.35. The van der Waals surface area contributed by atoms with Crippen molar-refractivity contribution in [3.8, 4) is 0 Å². The summed E-state index contributed by atoms with van der Waals surface area (Å²) in [6, 6.07) is 16.2. The number of ether oxygens (including phenoxy) is 2. The van der Waals surface area contributed by atoms with Crippen LogP contribution in [-0.4, -0.2) is 49.1 Å². The fourth-order valence-electron chi connectivity index (χ4n) is 3.42. The van der Waals surface area contributed by atoms with Gasteiger partial charge < -0.3 is 20.1 Å². The fraction of sp³-hybridized carbons (Fsp3) is 0.467. The van der Waals surface area contributed by atoms with E-state index < -0.39 is 35.8 Å². The minimum absolute atomic E-state index is 0.156. The van der Waals surface area contributed by atoms with Crippen molar-refractivity contribution in [3.63, 3.8) is 0 Å². The summed E-state index contributed by atoms with van der Waals surface area (Å²) in [5.74, 6) is -2.97. The number of amides is 2. The van der Waals surface area contributed by atoms with E-state index in [4.69, 9.17) is 9.47 Å². The summed E-state index contributed by atoms with van der Waals surface area (Å²) in [6.07, 6.45) is 1.98. The van der Waals surface area contributed by atoms with Gasteiger partial charge in [0.05, 0.1) is 13.2 Å². The zero-order valence-corrected chi connectivity index (χ0v) is 22.8. The van der Waals surface area contributed by atoms with Crippen LogP contribution < -0.4 is 10.6 Å². The first kappa shape index (κ1) is 30.5. The minimum Gasteiger partial charge on any atom is -0.464 e. The van der Waals surface area contributed by atoms with Gasteiger partial charge in [0.1, 0.15) is 12.1 Å². The van der Waals surface area contributed by atoms with Crippen molar-refractivity contribution < 1.29 is 28.7 Å². The number of nitrogens with one attached hydrogen (secondary N) is 2. The Morgan fingerprint density at radius 2 is 0.974 bits per heavy atom. The number of carbonyl (C=O) groups is 4. The fourth-order valence-corrected chi connectivity index (χ4v) is 3.42. The maximum absolute atomic E-state index is 12.9. The summed E-state index contributed by atoms with van der Waals surface area (Å²) in [5, 5.41) is 4.99. The van der Waals surface area contributed by atoms with E-state index in [1.807, 2.05) is 88.4 Å². The van der Waals surface area contributed by atoms with E-state index in [0.29, 0.717) is 0 Å². The molecule has 0 bridgehead atoms. The molecule has 0 aliphatic carbocycles. The van der Waals surface area contributed by atoms with Crippen LogP contribution in [0.2, 0.25) is 0 Å². The zero-order valence-electron chi connectivity index (χ0n) is 22.8. The van der Waals surface area contributed by atoms with Crippen molar-refractivity contribution in [1.29, 1.82) is 0 Å². The second-order valence-electron chi connectivity index (χ2n) is 9.72. The molecule has 0 aliphatic rings. The largest absolute Gasteiger partial charge is 0.464 e. The van der Waals surface area contributed by atoms with Gasteiger partial charge >= 0.3 is 23.8 Å². The third kappa shape index (κ3) is 10.7. The van der Waals surface area contributed by atoms with E-state index in [0.717, 1.165) is 24.0 Å². The normalized spacial score (nSPS) is 13.9. The summed E-state index contributed by atoms with van der Waals surface area (Å²) >= 11 is 0. The lowest BCUT2D eigenvalue weighted by Gasteiger charge is -2.21. The van der Waals surface area contributed by atoms with E-state index >= 15 is 0 Å². The van der Waals surface area contributed by atoms with Crippen molar-refractivity contribution in [2.45, 2.75) is 65.5 Å². The lowest BCUT2D eigenvalue weighted by molar-refractivity contribution is -0.152. The summed E-state index contributed by atoms with van der Waals surface area (Å²) in [5.41, 5.74) is 1.60. The molecule has 2 amide bonds. The molecule has 2 rings (SSSR count). The second-order valence-corrected chi connectivity index (χ2v) is 9.72. The van der Waals surface area contributed by atoms with Crippen LogP contribution in [0.25, 0.3) is 0 Å². The molecule has 2 aromatic carbocycles. The van der Waals surface area contributed by atoms with Crippen LogP contribution in [0.15, 0.2) is 60.7 Å². The van der Waals surface area contributed by atoms with Gasteiger partial charge in [-0.05, 0) is 23.0 Å². The molecule has 2 aromatic rings. The molecule has 0 saturated heterocycles. The lowest BCUT2D eigenvalue weighted by atomic mass is 10.1. The summed E-state index contributed by atoms with van der Waals surface area (Å²) in [6.45, 7) is 8.32. The highest BCUT2D eigenvalue weighted by Gasteiger charge is 2.30. The van der Waals surface area contributed by atoms with Crippen LogP contribution in [0.1, 0.15) is 51.7 Å². The van der Waals surface area contributed by atoms with Gasteiger partial charge in [-0.25, -0.2) is 9.59 Å². The van der Waals surface area contributed by atoms with Crippen molar-refractivity contribution in [2.75, 3.05) is 13.2 Å². The first-order valence-electron chi connectivity index (χ1n) is 13.3. The Hall–Kier alpha value is -3.68. The summed E-state index contributed by atoms with van der Waals surface area (Å²) in [4.78, 5) is 51.4. The molecule has 8 heteroatoms. The topological polar surface area (TPSA) is 111 Å². The maximum Gasteiger partial charge on any atom is 0.329 e. The van der Waals surface area contributed by atoms with Gasteiger partial charge in [-0.2, -0.15) is 0 Å². The second kappa shape index (κ2) is 16.2. The van der Waals surface area contributed by atoms with E-state index in [9.17, 15) is 19.2 Å². The van der Waals surface area contributed by atoms with Crippen LogP contribution in [0.5, 0.6) is 0 Å². The standard InChI is InChI=1S/C30H40N2O6/c1-5-21(3)19-37-29(35)25(17-23-13-9-7-10-14-23)31-27(33)28(34)32-26(18-24-15-11-8-12-16-24)30(36)38-20-22(4)6-2/h7-16,21-22,25-26H,5-6,17-20H2,1-4H3,(H,31,33)(H,32,34)/t21-,22-,25+,26+/m0/s1. The first-order chi connectivity index (χ1) is 18.2. The number of benzene rings is 2. The van der Waals surface area contributed by atoms with E-state index in [-0.39, 0.29) is 37.9 Å². The van der Waals surface area contributed by atoms with Gasteiger partial charge in [0.25, 0.3) is 0 Å². The number of hydrogen-bond acceptors (Lipinski definition) is 6. The Kier molecular flexibility index (Phi) is 13.0. The number of hydrogen-bond donors (Lipinski definition) is 2. The molecular formula is C30H40N2O6. The Balaban J connectivity index is 2.12. The van der Waals surface area contributed by atoms with E-state index in [1.54, 1.807) is 0 Å². The Morgan fingerprint density at radius 3 is 1.29 bits per heavy atom. The molecule has 206 valence electrons. The molecule has 0 aromatic heterocycles. The van der Waals surface area contributed by atoms with Crippen LogP contribution in [-0.2, 0) is 41.5 Å². The summed E-state index contributed by atoms with van der Waals surface area (Å²) < 4.78 is 10.8. The molecule has 2 N–H and O–H groups in total. The molecular weight excluding hydrogens is 484 g/mol. The molecule has 0 heterocycles. The SMILES string of the molecule is CC[C@H](C)COC(=O)[C@@H](Cc1ccccc1)NC(=O)C(=O)N[C@H](Cc1ccccc1)C(=O)OC[C@@H](C)CC. The molecule has 0 spiro atoms. The molecule has 0 fully saturated rings. The van der Waals surface area contributed by atoms with Gasteiger partial charge in [-0.3, -0.25) is 9.59 Å². The summed E-state index contributed by atoms with van der Waals surface area (Å²) in [7, 11) is 0. The number of carbonyl (C=O) groups excluding carboxylic acids is 4. The molecule has 0 unspecified atom stereocenters. The minimum atomic E-state index is -1.07. The van der Waals surface area contributed by atoms with Gasteiger partial charge in [0.2, 0.25) is 0 Å². The molecule has 8 nitrogen and oxygen atoms in total. The molecule has 0 saturated carbocycles. The Morgan fingerprint density at radius 1 is 0.632 bits per heavy atom. The van der Waals surface area contributed by atoms with Gasteiger partial charge in [0, 0.05) is 12.8 Å². The molecule has 0 aliphatic heterocycles. The van der Waals surface area contributed by atoms with Gasteiger partial charge in [-0.15, -0.1) is 0 Å². The highest BCUT2D eigenvalue weighted by atomic mass is 16.5. The van der Waals surface area contributed by atoms with Gasteiger partial charge in [-0.1, -0.05) is 101 Å². The molecule has 38 heavy (non-hydrogen) atoms. The first-order valence-corrected chi connectivity index (χ1v) is 13.3. The lowest BCUT2D eigenvalue weighted by Crippen LogP contribution is -2.53. The van der Waals surface area contributed by atoms with E-state index in [2.05, 4.69) is 10.6 Å². The van der Waals surface area contributed by atoms with Crippen molar-refractivity contribution in [1.82, 2.24) is 10.6 Å². The van der Waals surface area contributed by atoms with Crippen molar-refractivity contribution in [3.05, 3.63) is 71.8 Å². The van der Waals surface area contributed by atoms with Crippen molar-refractivity contribution in [2.24, 2.45) is 11.8 Å². The monoisotopic (exact) mass is 524 g/mol. The molecule has 4 atom stereocenters. The van der Waals surface area contributed by atoms with E-state index in [1.165, 1.54) is 0 Å². The Bertz CT molecular complexity index is 944. The van der Waals surface area contributed by atoms with Crippen LogP contribution in [0.3, 0.4) is 0 Å². The predicted molar refractivity (Wildman–Crippen MR) is 145 cm³/mol. The quantitative estimate of drug-likeness (QED) is 0.289. The number of esters is 2. The van der Waals surface area contributed by atoms with Crippen LogP contribution in [0, 0.1) is 11.8 Å². The zero-order chi connectivity index (χ0) is 27.9. The molecule has 0 radical (unpaired) electrons. The Labute approximate surface area is 225 Å². The maximum atomic E-state index is 12.9. The third-order valence-corrected chi connectivity index (χ3v) is 6.37. The average molecular weight is 525 g/mol. The smallest absolute Gasteiger partial charge is 0.329 e.